The van der Waals surface area contributed by atoms with Gasteiger partial charge in [-0.05, 0) is 58.8 Å². The van der Waals surface area contributed by atoms with Crippen molar-refractivity contribution in [3.05, 3.63) is 33.3 Å². The van der Waals surface area contributed by atoms with Gasteiger partial charge in [-0.1, -0.05) is 24.1 Å². The van der Waals surface area contributed by atoms with E-state index in [2.05, 4.69) is 15.9 Å². The zero-order chi connectivity index (χ0) is 14.9. The van der Waals surface area contributed by atoms with Crippen molar-refractivity contribution in [3.8, 4) is 0 Å². The van der Waals surface area contributed by atoms with Crippen LogP contribution in [0.2, 0.25) is 5.02 Å². The average Bonchev–Trinajstić information content (AvgIpc) is 2.40. The maximum atomic E-state index is 11.7. The Balaban J connectivity index is 2.16. The molecule has 0 aromatic heterocycles. The second kappa shape index (κ2) is 6.34. The van der Waals surface area contributed by atoms with Gasteiger partial charge in [-0.25, -0.2) is 8.42 Å². The van der Waals surface area contributed by atoms with E-state index in [0.717, 1.165) is 29.3 Å². The first kappa shape index (κ1) is 16.3. The Morgan fingerprint density at radius 3 is 2.70 bits per heavy atom. The molecule has 1 aliphatic carbocycles. The first-order valence-corrected chi connectivity index (χ1v) is 9.81. The monoisotopic (exact) mass is 379 g/mol. The lowest BCUT2D eigenvalue weighted by atomic mass is 9.81. The van der Waals surface area contributed by atoms with Crippen molar-refractivity contribution in [1.82, 2.24) is 0 Å². The maximum absolute atomic E-state index is 11.7. The van der Waals surface area contributed by atoms with Gasteiger partial charge in [-0.2, -0.15) is 0 Å². The standard InChI is InChI=1S/C14H19BrClNO2S/c1-20(18,19)11-4-2-3-9(7-11)14(17)10-5-6-12(15)13(16)8-10/h5-6,8-9,11,14H,2-4,7,17H2,1H3. The lowest BCUT2D eigenvalue weighted by Gasteiger charge is -2.32. The third-order valence-electron chi connectivity index (χ3n) is 4.11. The highest BCUT2D eigenvalue weighted by molar-refractivity contribution is 9.10. The summed E-state index contributed by atoms with van der Waals surface area (Å²) >= 11 is 9.46. The Hall–Kier alpha value is -0.100. The van der Waals surface area contributed by atoms with Gasteiger partial charge < -0.3 is 5.73 Å². The fourth-order valence-electron chi connectivity index (χ4n) is 2.89. The van der Waals surface area contributed by atoms with Crippen LogP contribution in [0.25, 0.3) is 0 Å². The lowest BCUT2D eigenvalue weighted by molar-refractivity contribution is 0.309. The van der Waals surface area contributed by atoms with Gasteiger partial charge >= 0.3 is 0 Å². The highest BCUT2D eigenvalue weighted by Crippen LogP contribution is 2.37. The Kier molecular flexibility index (Phi) is 5.16. The fourth-order valence-corrected chi connectivity index (χ4v) is 4.52. The minimum Gasteiger partial charge on any atom is -0.324 e. The summed E-state index contributed by atoms with van der Waals surface area (Å²) < 4.78 is 24.3. The summed E-state index contributed by atoms with van der Waals surface area (Å²) in [4.78, 5) is 0. The molecule has 0 spiro atoms. The van der Waals surface area contributed by atoms with Gasteiger partial charge in [0.15, 0.2) is 0 Å². The Morgan fingerprint density at radius 1 is 1.40 bits per heavy atom. The van der Waals surface area contributed by atoms with Crippen LogP contribution in [0.1, 0.15) is 37.3 Å². The van der Waals surface area contributed by atoms with E-state index >= 15 is 0 Å². The van der Waals surface area contributed by atoms with Crippen molar-refractivity contribution in [2.24, 2.45) is 11.7 Å². The van der Waals surface area contributed by atoms with E-state index in [1.165, 1.54) is 6.26 Å². The number of sulfone groups is 1. The van der Waals surface area contributed by atoms with E-state index < -0.39 is 9.84 Å². The molecule has 1 saturated carbocycles. The molecule has 1 fully saturated rings. The molecule has 0 saturated heterocycles. The lowest BCUT2D eigenvalue weighted by Crippen LogP contribution is -2.32. The predicted molar refractivity (Wildman–Crippen MR) is 86.7 cm³/mol. The van der Waals surface area contributed by atoms with Gasteiger partial charge in [0.05, 0.1) is 10.3 Å². The number of hydrogen-bond donors (Lipinski definition) is 1. The van der Waals surface area contributed by atoms with Crippen molar-refractivity contribution in [1.29, 1.82) is 0 Å². The predicted octanol–water partition coefficient (Wildman–Crippen LogP) is 3.71. The van der Waals surface area contributed by atoms with Crippen molar-refractivity contribution in [3.63, 3.8) is 0 Å². The van der Waals surface area contributed by atoms with Crippen LogP contribution in [0.3, 0.4) is 0 Å². The molecule has 6 heteroatoms. The van der Waals surface area contributed by atoms with Crippen LogP contribution in [0, 0.1) is 5.92 Å². The van der Waals surface area contributed by atoms with Crippen molar-refractivity contribution < 1.29 is 8.42 Å². The Morgan fingerprint density at radius 2 is 2.10 bits per heavy atom. The molecule has 0 bridgehead atoms. The molecule has 3 unspecified atom stereocenters. The van der Waals surface area contributed by atoms with Gasteiger partial charge in [0.2, 0.25) is 0 Å². The zero-order valence-corrected chi connectivity index (χ0v) is 14.5. The molecule has 0 amide bonds. The number of rotatable bonds is 3. The second-order valence-corrected chi connectivity index (χ2v) is 9.16. The van der Waals surface area contributed by atoms with E-state index in [0.29, 0.717) is 11.4 Å². The molecule has 3 atom stereocenters. The van der Waals surface area contributed by atoms with Gasteiger partial charge in [-0.15, -0.1) is 0 Å². The first-order chi connectivity index (χ1) is 9.29. The van der Waals surface area contributed by atoms with E-state index in [9.17, 15) is 8.42 Å². The largest absolute Gasteiger partial charge is 0.324 e. The van der Waals surface area contributed by atoms with Gasteiger partial charge in [0, 0.05) is 16.8 Å². The van der Waals surface area contributed by atoms with Crippen LogP contribution >= 0.6 is 27.5 Å². The van der Waals surface area contributed by atoms with Gasteiger partial charge in [0.1, 0.15) is 9.84 Å². The molecule has 0 radical (unpaired) electrons. The van der Waals surface area contributed by atoms with Gasteiger partial charge in [-0.3, -0.25) is 0 Å². The Bertz CT molecular complexity index is 591. The molecule has 20 heavy (non-hydrogen) atoms. The van der Waals surface area contributed by atoms with Crippen molar-refractivity contribution in [2.75, 3.05) is 6.26 Å². The van der Waals surface area contributed by atoms with E-state index in [-0.39, 0.29) is 17.2 Å². The average molecular weight is 381 g/mol. The maximum Gasteiger partial charge on any atom is 0.150 e. The highest BCUT2D eigenvalue weighted by Gasteiger charge is 2.32. The van der Waals surface area contributed by atoms with Crippen molar-refractivity contribution >= 4 is 37.4 Å². The van der Waals surface area contributed by atoms with E-state index in [1.54, 1.807) is 0 Å². The number of halogens is 2. The molecule has 3 nitrogen and oxygen atoms in total. The fraction of sp³-hybridized carbons (Fsp3) is 0.571. The Labute approximate surface area is 133 Å². The molecule has 1 aliphatic rings. The van der Waals surface area contributed by atoms with Crippen LogP contribution in [-0.2, 0) is 9.84 Å². The minimum absolute atomic E-state index is 0.162. The van der Waals surface area contributed by atoms with Crippen LogP contribution < -0.4 is 5.73 Å². The topological polar surface area (TPSA) is 60.2 Å². The molecule has 1 aromatic rings. The summed E-state index contributed by atoms with van der Waals surface area (Å²) in [5.74, 6) is 0.195. The number of nitrogens with two attached hydrogens (primary N) is 1. The molecule has 112 valence electrons. The van der Waals surface area contributed by atoms with Crippen LogP contribution in [-0.4, -0.2) is 19.9 Å². The third kappa shape index (κ3) is 3.75. The summed E-state index contributed by atoms with van der Waals surface area (Å²) in [6.07, 6.45) is 4.61. The summed E-state index contributed by atoms with van der Waals surface area (Å²) in [7, 11) is -2.98. The molecule has 2 rings (SSSR count). The van der Waals surface area contributed by atoms with Crippen LogP contribution in [0.15, 0.2) is 22.7 Å². The van der Waals surface area contributed by atoms with Gasteiger partial charge in [0.25, 0.3) is 0 Å². The molecular weight excluding hydrogens is 362 g/mol. The first-order valence-electron chi connectivity index (χ1n) is 6.68. The highest BCUT2D eigenvalue weighted by atomic mass is 79.9. The quantitative estimate of drug-likeness (QED) is 0.869. The van der Waals surface area contributed by atoms with E-state index in [4.69, 9.17) is 17.3 Å². The zero-order valence-electron chi connectivity index (χ0n) is 11.4. The molecule has 2 N–H and O–H groups in total. The van der Waals surface area contributed by atoms with E-state index in [1.807, 2.05) is 18.2 Å². The smallest absolute Gasteiger partial charge is 0.150 e. The molecule has 0 heterocycles. The summed E-state index contributed by atoms with van der Waals surface area (Å²) in [5.41, 5.74) is 7.30. The van der Waals surface area contributed by atoms with Crippen molar-refractivity contribution in [2.45, 2.75) is 37.0 Å². The van der Waals surface area contributed by atoms with Crippen LogP contribution in [0.5, 0.6) is 0 Å². The molecule has 0 aliphatic heterocycles. The third-order valence-corrected chi connectivity index (χ3v) is 6.98. The summed E-state index contributed by atoms with van der Waals surface area (Å²) in [6, 6.07) is 5.53. The SMILES string of the molecule is CS(=O)(=O)C1CCCC(C(N)c2ccc(Br)c(Cl)c2)C1. The van der Waals surface area contributed by atoms with Crippen LogP contribution in [0.4, 0.5) is 0 Å². The number of benzene rings is 1. The number of hydrogen-bond acceptors (Lipinski definition) is 3. The summed E-state index contributed by atoms with van der Waals surface area (Å²) in [6.45, 7) is 0. The minimum atomic E-state index is -2.98. The summed E-state index contributed by atoms with van der Waals surface area (Å²) in [5, 5.41) is 0.381. The normalized spacial score (nSPS) is 25.4. The molecule has 1 aromatic carbocycles. The molecular formula is C14H19BrClNO2S. The second-order valence-electron chi connectivity index (χ2n) is 5.58.